The van der Waals surface area contributed by atoms with Crippen LogP contribution in [0.15, 0.2) is 47.9 Å². The van der Waals surface area contributed by atoms with Crippen LogP contribution in [-0.4, -0.2) is 26.3 Å². The zero-order valence-corrected chi connectivity index (χ0v) is 16.8. The van der Waals surface area contributed by atoms with Crippen molar-refractivity contribution in [1.29, 1.82) is 0 Å². The standard InChI is InChI=1S/C19H27ClN2S2/c1-2-3-4-5-6-13-23-15-19(14-22-12-11-21-16-22)24-18-9-7-17(20)8-10-18/h7-12,16,19H,2-6,13-15H2,1H3. The van der Waals surface area contributed by atoms with Crippen molar-refractivity contribution in [2.45, 2.75) is 55.7 Å². The van der Waals surface area contributed by atoms with Crippen molar-refractivity contribution in [3.8, 4) is 0 Å². The molecular weight excluding hydrogens is 356 g/mol. The van der Waals surface area contributed by atoms with Crippen molar-refractivity contribution < 1.29 is 0 Å². The average molecular weight is 383 g/mol. The van der Waals surface area contributed by atoms with E-state index in [2.05, 4.69) is 40.4 Å². The van der Waals surface area contributed by atoms with Crippen molar-refractivity contribution in [3.63, 3.8) is 0 Å². The number of halogens is 1. The first-order chi connectivity index (χ1) is 11.8. The molecule has 1 aromatic carbocycles. The van der Waals surface area contributed by atoms with Gasteiger partial charge >= 0.3 is 0 Å². The van der Waals surface area contributed by atoms with Crippen LogP contribution in [-0.2, 0) is 6.54 Å². The number of thioether (sulfide) groups is 2. The molecule has 0 saturated heterocycles. The second-order valence-electron chi connectivity index (χ2n) is 5.94. The molecule has 5 heteroatoms. The van der Waals surface area contributed by atoms with Crippen LogP contribution in [0.5, 0.6) is 0 Å². The van der Waals surface area contributed by atoms with Gasteiger partial charge in [-0.1, -0.05) is 44.2 Å². The van der Waals surface area contributed by atoms with Gasteiger partial charge in [-0.25, -0.2) is 4.98 Å². The van der Waals surface area contributed by atoms with Crippen LogP contribution in [0.4, 0.5) is 0 Å². The number of rotatable bonds is 12. The third kappa shape index (κ3) is 8.00. The highest BCUT2D eigenvalue weighted by atomic mass is 35.5. The van der Waals surface area contributed by atoms with E-state index < -0.39 is 0 Å². The van der Waals surface area contributed by atoms with Gasteiger partial charge in [-0.2, -0.15) is 11.8 Å². The van der Waals surface area contributed by atoms with Crippen molar-refractivity contribution >= 4 is 35.1 Å². The molecule has 0 N–H and O–H groups in total. The first-order valence-corrected chi connectivity index (χ1v) is 11.1. The second-order valence-corrected chi connectivity index (χ2v) is 8.90. The highest BCUT2D eigenvalue weighted by Crippen LogP contribution is 2.28. The van der Waals surface area contributed by atoms with Crippen LogP contribution in [0.2, 0.25) is 5.02 Å². The third-order valence-corrected chi connectivity index (χ3v) is 6.66. The van der Waals surface area contributed by atoms with Crippen molar-refractivity contribution in [3.05, 3.63) is 48.0 Å². The van der Waals surface area contributed by atoms with Gasteiger partial charge in [0.25, 0.3) is 0 Å². The summed E-state index contributed by atoms with van der Waals surface area (Å²) in [6.45, 7) is 3.26. The molecule has 0 aliphatic heterocycles. The number of nitrogens with zero attached hydrogens (tertiary/aromatic N) is 2. The molecule has 0 bridgehead atoms. The minimum Gasteiger partial charge on any atom is -0.336 e. The summed E-state index contributed by atoms with van der Waals surface area (Å²) in [6, 6.07) is 8.17. The predicted molar refractivity (Wildman–Crippen MR) is 109 cm³/mol. The zero-order valence-electron chi connectivity index (χ0n) is 14.4. The minimum absolute atomic E-state index is 0.543. The van der Waals surface area contributed by atoms with Crippen LogP contribution < -0.4 is 0 Å². The summed E-state index contributed by atoms with van der Waals surface area (Å²) in [5.74, 6) is 2.44. The van der Waals surface area contributed by atoms with Crippen molar-refractivity contribution in [1.82, 2.24) is 9.55 Å². The van der Waals surface area contributed by atoms with E-state index in [4.69, 9.17) is 11.6 Å². The van der Waals surface area contributed by atoms with Crippen LogP contribution in [0.3, 0.4) is 0 Å². The molecule has 0 aliphatic rings. The first-order valence-electron chi connectivity index (χ1n) is 8.73. The molecule has 1 heterocycles. The van der Waals surface area contributed by atoms with E-state index in [0.29, 0.717) is 5.25 Å². The molecule has 1 aromatic heterocycles. The van der Waals surface area contributed by atoms with Gasteiger partial charge in [-0.05, 0) is 36.4 Å². The smallest absolute Gasteiger partial charge is 0.0946 e. The SMILES string of the molecule is CCCCCCCSCC(Cn1ccnc1)Sc1ccc(Cl)cc1. The summed E-state index contributed by atoms with van der Waals surface area (Å²) >= 11 is 10.0. The highest BCUT2D eigenvalue weighted by molar-refractivity contribution is 8.03. The van der Waals surface area contributed by atoms with Gasteiger partial charge in [0.1, 0.15) is 0 Å². The molecular formula is C19H27ClN2S2. The molecule has 0 saturated carbocycles. The topological polar surface area (TPSA) is 17.8 Å². The number of aromatic nitrogens is 2. The molecule has 0 spiro atoms. The van der Waals surface area contributed by atoms with Crippen molar-refractivity contribution in [2.24, 2.45) is 0 Å². The Hall–Kier alpha value is -0.580. The Balaban J connectivity index is 1.78. The normalized spacial score (nSPS) is 12.4. The zero-order chi connectivity index (χ0) is 17.0. The van der Waals surface area contributed by atoms with Gasteiger partial charge in [0.05, 0.1) is 6.33 Å². The lowest BCUT2D eigenvalue weighted by Gasteiger charge is -2.17. The number of hydrogen-bond acceptors (Lipinski definition) is 3. The molecule has 1 unspecified atom stereocenters. The Morgan fingerprint density at radius 1 is 1.12 bits per heavy atom. The molecule has 2 aromatic rings. The summed E-state index contributed by atoms with van der Waals surface area (Å²) in [6.07, 6.45) is 12.6. The van der Waals surface area contributed by atoms with Gasteiger partial charge in [0.2, 0.25) is 0 Å². The number of unbranched alkanes of at least 4 members (excludes halogenated alkanes) is 4. The molecule has 2 nitrogen and oxygen atoms in total. The maximum absolute atomic E-state index is 5.99. The fraction of sp³-hybridized carbons (Fsp3) is 0.526. The molecule has 0 amide bonds. The van der Waals surface area contributed by atoms with Gasteiger partial charge in [-0.3, -0.25) is 0 Å². The number of imidazole rings is 1. The fourth-order valence-electron chi connectivity index (χ4n) is 2.48. The molecule has 0 radical (unpaired) electrons. The second kappa shape index (κ2) is 11.9. The molecule has 24 heavy (non-hydrogen) atoms. The highest BCUT2D eigenvalue weighted by Gasteiger charge is 2.12. The Kier molecular flexibility index (Phi) is 9.78. The largest absolute Gasteiger partial charge is 0.336 e. The Labute approximate surface area is 159 Å². The van der Waals surface area contributed by atoms with Gasteiger partial charge in [0, 0.05) is 39.9 Å². The molecule has 2 rings (SSSR count). The van der Waals surface area contributed by atoms with E-state index in [1.807, 2.05) is 42.6 Å². The minimum atomic E-state index is 0.543. The van der Waals surface area contributed by atoms with E-state index in [-0.39, 0.29) is 0 Å². The third-order valence-electron chi connectivity index (χ3n) is 3.79. The fourth-order valence-corrected chi connectivity index (χ4v) is 5.04. The van der Waals surface area contributed by atoms with Gasteiger partial charge < -0.3 is 4.57 Å². The molecule has 0 fully saturated rings. The van der Waals surface area contributed by atoms with E-state index >= 15 is 0 Å². The van der Waals surface area contributed by atoms with Gasteiger partial charge in [0.15, 0.2) is 0 Å². The Bertz CT molecular complexity index is 543. The summed E-state index contributed by atoms with van der Waals surface area (Å²) in [5.41, 5.74) is 0. The van der Waals surface area contributed by atoms with Crippen LogP contribution in [0.25, 0.3) is 0 Å². The number of benzene rings is 1. The van der Waals surface area contributed by atoms with E-state index in [0.717, 1.165) is 11.6 Å². The van der Waals surface area contributed by atoms with E-state index in [1.54, 1.807) is 0 Å². The first kappa shape index (κ1) is 19.7. The van der Waals surface area contributed by atoms with Crippen LogP contribution >= 0.6 is 35.1 Å². The summed E-state index contributed by atoms with van der Waals surface area (Å²) in [4.78, 5) is 5.45. The maximum atomic E-state index is 5.99. The Morgan fingerprint density at radius 3 is 2.62 bits per heavy atom. The average Bonchev–Trinajstić information content (AvgIpc) is 3.09. The lowest BCUT2D eigenvalue weighted by Crippen LogP contribution is -2.15. The van der Waals surface area contributed by atoms with Crippen molar-refractivity contribution in [2.75, 3.05) is 11.5 Å². The lowest BCUT2D eigenvalue weighted by atomic mass is 10.2. The Morgan fingerprint density at radius 2 is 1.92 bits per heavy atom. The summed E-state index contributed by atoms with van der Waals surface area (Å²) < 4.78 is 2.18. The quantitative estimate of drug-likeness (QED) is 0.312. The molecule has 1 atom stereocenters. The molecule has 132 valence electrons. The lowest BCUT2D eigenvalue weighted by molar-refractivity contribution is 0.658. The summed E-state index contributed by atoms with van der Waals surface area (Å²) in [5, 5.41) is 1.34. The van der Waals surface area contributed by atoms with Crippen LogP contribution in [0, 0.1) is 0 Å². The van der Waals surface area contributed by atoms with Gasteiger partial charge in [-0.15, -0.1) is 11.8 Å². The monoisotopic (exact) mass is 382 g/mol. The van der Waals surface area contributed by atoms with E-state index in [1.165, 1.54) is 48.5 Å². The van der Waals surface area contributed by atoms with E-state index in [9.17, 15) is 0 Å². The predicted octanol–water partition coefficient (Wildman–Crippen LogP) is 6.40. The summed E-state index contributed by atoms with van der Waals surface area (Å²) in [7, 11) is 0. The maximum Gasteiger partial charge on any atom is 0.0946 e. The molecule has 0 aliphatic carbocycles. The number of hydrogen-bond donors (Lipinski definition) is 0. The van der Waals surface area contributed by atoms with Crippen LogP contribution in [0.1, 0.15) is 39.0 Å².